The number of amides is 3. The largest absolute Gasteiger partial charge is 0.480 e. The maximum Gasteiger partial charge on any atom is 0.326 e. The van der Waals surface area contributed by atoms with Crippen LogP contribution in [0, 0.1) is 0 Å². The molecule has 0 saturated carbocycles. The van der Waals surface area contributed by atoms with Gasteiger partial charge >= 0.3 is 12.0 Å². The van der Waals surface area contributed by atoms with Gasteiger partial charge < -0.3 is 26.0 Å². The molecule has 11 heteroatoms. The number of aromatic nitrogens is 2. The van der Waals surface area contributed by atoms with Crippen LogP contribution in [-0.4, -0.2) is 45.6 Å². The zero-order valence-corrected chi connectivity index (χ0v) is 15.5. The van der Waals surface area contributed by atoms with Gasteiger partial charge in [-0.25, -0.2) is 14.6 Å². The van der Waals surface area contributed by atoms with Gasteiger partial charge in [0, 0.05) is 37.0 Å². The van der Waals surface area contributed by atoms with Crippen molar-refractivity contribution in [2.75, 3.05) is 11.9 Å². The Bertz CT molecular complexity index is 813. The molecule has 1 atom stereocenters. The zero-order chi connectivity index (χ0) is 19.8. The van der Waals surface area contributed by atoms with Crippen LogP contribution in [0.15, 0.2) is 30.7 Å². The molecule has 1 heterocycles. The first kappa shape index (κ1) is 20.5. The van der Waals surface area contributed by atoms with Gasteiger partial charge in [0.05, 0.1) is 16.4 Å². The molecule has 1 aromatic heterocycles. The zero-order valence-electron chi connectivity index (χ0n) is 14.0. The van der Waals surface area contributed by atoms with Crippen molar-refractivity contribution >= 4 is 46.8 Å². The summed E-state index contributed by atoms with van der Waals surface area (Å²) >= 11 is 11.6. The van der Waals surface area contributed by atoms with Crippen LogP contribution in [0.25, 0.3) is 0 Å². The monoisotopic (exact) mass is 413 g/mol. The second kappa shape index (κ2) is 9.79. The van der Waals surface area contributed by atoms with Crippen molar-refractivity contribution in [3.05, 3.63) is 46.5 Å². The number of carboxylic acids is 1. The fraction of sp³-hybridized carbons (Fsp3) is 0.250. The Hall–Kier alpha value is -2.78. The smallest absolute Gasteiger partial charge is 0.326 e. The predicted molar refractivity (Wildman–Crippen MR) is 100.0 cm³/mol. The van der Waals surface area contributed by atoms with Crippen LogP contribution in [0.5, 0.6) is 0 Å². The van der Waals surface area contributed by atoms with E-state index in [-0.39, 0.29) is 19.4 Å². The fourth-order valence-corrected chi connectivity index (χ4v) is 2.42. The lowest BCUT2D eigenvalue weighted by molar-refractivity contribution is -0.141. The molecule has 2 aromatic rings. The molecule has 0 aliphatic heterocycles. The normalized spacial score (nSPS) is 11.5. The number of aliphatic carboxylic acids is 1. The van der Waals surface area contributed by atoms with E-state index in [0.29, 0.717) is 21.4 Å². The van der Waals surface area contributed by atoms with Crippen molar-refractivity contribution in [3.8, 4) is 0 Å². The van der Waals surface area contributed by atoms with Crippen molar-refractivity contribution in [3.63, 3.8) is 0 Å². The van der Waals surface area contributed by atoms with Crippen LogP contribution < -0.4 is 16.0 Å². The lowest BCUT2D eigenvalue weighted by atomic mass is 10.1. The molecule has 0 radical (unpaired) electrons. The molecular weight excluding hydrogens is 397 g/mol. The Labute approximate surface area is 164 Å². The molecule has 0 spiro atoms. The van der Waals surface area contributed by atoms with E-state index in [4.69, 9.17) is 23.2 Å². The summed E-state index contributed by atoms with van der Waals surface area (Å²) in [5.41, 5.74) is 1.03. The molecule has 0 aliphatic carbocycles. The summed E-state index contributed by atoms with van der Waals surface area (Å²) in [6.07, 6.45) is 2.90. The molecule has 144 valence electrons. The predicted octanol–water partition coefficient (Wildman–Crippen LogP) is 2.04. The van der Waals surface area contributed by atoms with Gasteiger partial charge in [-0.2, -0.15) is 0 Å². The standard InChI is InChI=1S/C16H17Cl2N5O4/c17-11-2-1-9(5-12(11)18)22-16(27)20-4-3-14(24)23-13(15(25)26)6-10-7-19-8-21-10/h1-2,5,7-8,13H,3-4,6H2,(H,19,21)(H,23,24)(H,25,26)(H2,20,22,27)/t13-/m0/s1. The summed E-state index contributed by atoms with van der Waals surface area (Å²) in [4.78, 5) is 41.5. The first-order chi connectivity index (χ1) is 12.8. The van der Waals surface area contributed by atoms with Gasteiger partial charge in [0.25, 0.3) is 0 Å². The molecule has 1 aromatic carbocycles. The summed E-state index contributed by atoms with van der Waals surface area (Å²) in [7, 11) is 0. The van der Waals surface area contributed by atoms with Crippen molar-refractivity contribution in [1.29, 1.82) is 0 Å². The van der Waals surface area contributed by atoms with Gasteiger partial charge in [-0.05, 0) is 18.2 Å². The molecular formula is C16H17Cl2N5O4. The number of anilines is 1. The molecule has 2 rings (SSSR count). The van der Waals surface area contributed by atoms with Crippen LogP contribution in [-0.2, 0) is 16.0 Å². The van der Waals surface area contributed by atoms with Crippen molar-refractivity contribution in [2.24, 2.45) is 0 Å². The molecule has 5 N–H and O–H groups in total. The number of carbonyl (C=O) groups excluding carboxylic acids is 2. The topological polar surface area (TPSA) is 136 Å². The Morgan fingerprint density at radius 1 is 1.22 bits per heavy atom. The first-order valence-electron chi connectivity index (χ1n) is 7.84. The Morgan fingerprint density at radius 2 is 2.00 bits per heavy atom. The number of nitrogens with one attached hydrogen (secondary N) is 4. The summed E-state index contributed by atoms with van der Waals surface area (Å²) in [6, 6.07) is 2.98. The molecule has 27 heavy (non-hydrogen) atoms. The number of urea groups is 1. The molecule has 0 unspecified atom stereocenters. The number of aromatic amines is 1. The van der Waals surface area contributed by atoms with Crippen LogP contribution in [0.1, 0.15) is 12.1 Å². The van der Waals surface area contributed by atoms with Crippen molar-refractivity contribution in [2.45, 2.75) is 18.9 Å². The minimum Gasteiger partial charge on any atom is -0.480 e. The molecule has 0 saturated heterocycles. The van der Waals surface area contributed by atoms with E-state index in [1.54, 1.807) is 12.1 Å². The van der Waals surface area contributed by atoms with E-state index < -0.39 is 23.9 Å². The van der Waals surface area contributed by atoms with Crippen LogP contribution in [0.2, 0.25) is 10.0 Å². The minimum absolute atomic E-state index is 0.0232. The molecule has 9 nitrogen and oxygen atoms in total. The Morgan fingerprint density at radius 3 is 2.63 bits per heavy atom. The van der Waals surface area contributed by atoms with E-state index in [1.165, 1.54) is 18.6 Å². The summed E-state index contributed by atoms with van der Waals surface area (Å²) in [5.74, 6) is -1.67. The average molecular weight is 414 g/mol. The molecule has 0 fully saturated rings. The SMILES string of the molecule is O=C(CCNC(=O)Nc1ccc(Cl)c(Cl)c1)N[C@@H](Cc1cnc[nH]1)C(=O)O. The fourth-order valence-electron chi connectivity index (χ4n) is 2.12. The second-order valence-electron chi connectivity index (χ2n) is 5.50. The highest BCUT2D eigenvalue weighted by atomic mass is 35.5. The maximum absolute atomic E-state index is 11.9. The third-order valence-corrected chi connectivity index (χ3v) is 4.17. The number of H-pyrrole nitrogens is 1. The lowest BCUT2D eigenvalue weighted by Crippen LogP contribution is -2.43. The van der Waals surface area contributed by atoms with Crippen LogP contribution in [0.3, 0.4) is 0 Å². The van der Waals surface area contributed by atoms with Gasteiger partial charge in [-0.3, -0.25) is 4.79 Å². The van der Waals surface area contributed by atoms with E-state index in [2.05, 4.69) is 25.9 Å². The van der Waals surface area contributed by atoms with Gasteiger partial charge in [0.15, 0.2) is 0 Å². The van der Waals surface area contributed by atoms with Gasteiger partial charge in [0.1, 0.15) is 6.04 Å². The highest BCUT2D eigenvalue weighted by Crippen LogP contribution is 2.24. The first-order valence-corrected chi connectivity index (χ1v) is 8.60. The van der Waals surface area contributed by atoms with E-state index >= 15 is 0 Å². The van der Waals surface area contributed by atoms with E-state index in [0.717, 1.165) is 0 Å². The lowest BCUT2D eigenvalue weighted by Gasteiger charge is -2.14. The molecule has 0 aliphatic rings. The Balaban J connectivity index is 1.74. The highest BCUT2D eigenvalue weighted by molar-refractivity contribution is 6.42. The minimum atomic E-state index is -1.16. The number of nitrogens with zero attached hydrogens (tertiary/aromatic N) is 1. The molecule has 3 amide bonds. The number of carboxylic acid groups (broad SMARTS) is 1. The summed E-state index contributed by atoms with van der Waals surface area (Å²) in [5, 5.41) is 17.3. The average Bonchev–Trinajstić information content (AvgIpc) is 3.10. The number of halogens is 2. The van der Waals surface area contributed by atoms with Gasteiger partial charge in [-0.1, -0.05) is 23.2 Å². The number of rotatable bonds is 8. The van der Waals surface area contributed by atoms with Crippen LogP contribution >= 0.6 is 23.2 Å². The highest BCUT2D eigenvalue weighted by Gasteiger charge is 2.20. The van der Waals surface area contributed by atoms with E-state index in [9.17, 15) is 19.5 Å². The van der Waals surface area contributed by atoms with Crippen LogP contribution in [0.4, 0.5) is 10.5 Å². The molecule has 0 bridgehead atoms. The third kappa shape index (κ3) is 6.80. The third-order valence-electron chi connectivity index (χ3n) is 3.43. The Kier molecular flexibility index (Phi) is 7.44. The quantitative estimate of drug-likeness (QED) is 0.450. The number of hydrogen-bond donors (Lipinski definition) is 5. The van der Waals surface area contributed by atoms with Crippen molar-refractivity contribution in [1.82, 2.24) is 20.6 Å². The number of imidazole rings is 1. The van der Waals surface area contributed by atoms with Gasteiger partial charge in [0.2, 0.25) is 5.91 Å². The van der Waals surface area contributed by atoms with E-state index in [1.807, 2.05) is 0 Å². The number of benzene rings is 1. The number of carbonyl (C=O) groups is 3. The number of hydrogen-bond acceptors (Lipinski definition) is 4. The summed E-state index contributed by atoms with van der Waals surface area (Å²) < 4.78 is 0. The van der Waals surface area contributed by atoms with Gasteiger partial charge in [-0.15, -0.1) is 0 Å². The maximum atomic E-state index is 11.9. The van der Waals surface area contributed by atoms with Crippen molar-refractivity contribution < 1.29 is 19.5 Å². The summed E-state index contributed by atoms with van der Waals surface area (Å²) in [6.45, 7) is 0.0232. The second-order valence-corrected chi connectivity index (χ2v) is 6.31.